The molecule has 0 bridgehead atoms. The first-order valence-corrected chi connectivity index (χ1v) is 9.85. The van der Waals surface area contributed by atoms with Gasteiger partial charge in [-0.3, -0.25) is 9.59 Å². The monoisotopic (exact) mass is 389 g/mol. The zero-order valence-electron chi connectivity index (χ0n) is 16.1. The first kappa shape index (κ1) is 23.2. The molecule has 1 aliphatic carbocycles. The van der Waals surface area contributed by atoms with Crippen molar-refractivity contribution in [3.05, 3.63) is 0 Å². The lowest BCUT2D eigenvalue weighted by atomic mass is 9.71. The molecule has 2 rings (SSSR count). The van der Waals surface area contributed by atoms with Crippen LogP contribution in [0.15, 0.2) is 0 Å². The molecule has 0 atom stereocenters. The van der Waals surface area contributed by atoms with Crippen molar-refractivity contribution in [2.75, 3.05) is 39.9 Å². The van der Waals surface area contributed by atoms with Gasteiger partial charge in [-0.05, 0) is 44.1 Å². The lowest BCUT2D eigenvalue weighted by Gasteiger charge is -2.38. The summed E-state index contributed by atoms with van der Waals surface area (Å²) in [4.78, 5) is 26.8. The summed E-state index contributed by atoms with van der Waals surface area (Å²) in [7, 11) is 1.66. The molecule has 26 heavy (non-hydrogen) atoms. The number of likely N-dealkylation sites (tertiary alicyclic amines) is 1. The number of methoxy groups -OCH3 is 1. The maximum atomic E-state index is 12.7. The van der Waals surface area contributed by atoms with E-state index in [1.54, 1.807) is 7.11 Å². The molecule has 0 spiro atoms. The van der Waals surface area contributed by atoms with Crippen LogP contribution in [0, 0.1) is 11.3 Å². The molecule has 2 aliphatic rings. The summed E-state index contributed by atoms with van der Waals surface area (Å²) in [5.41, 5.74) is 6.03. The zero-order chi connectivity index (χ0) is 18.1. The van der Waals surface area contributed by atoms with Crippen molar-refractivity contribution in [3.63, 3.8) is 0 Å². The number of nitrogens with zero attached hydrogens (tertiary/aromatic N) is 1. The van der Waals surface area contributed by atoms with E-state index in [1.807, 2.05) is 4.90 Å². The van der Waals surface area contributed by atoms with Gasteiger partial charge in [-0.2, -0.15) is 0 Å². The second kappa shape index (κ2) is 11.8. The maximum Gasteiger partial charge on any atom is 0.223 e. The molecule has 0 aromatic carbocycles. The van der Waals surface area contributed by atoms with Crippen molar-refractivity contribution >= 4 is 24.2 Å². The number of hydrogen-bond acceptors (Lipinski definition) is 4. The highest BCUT2D eigenvalue weighted by molar-refractivity contribution is 5.85. The van der Waals surface area contributed by atoms with Gasteiger partial charge in [0.15, 0.2) is 0 Å². The molecule has 152 valence electrons. The summed E-state index contributed by atoms with van der Waals surface area (Å²) >= 11 is 0. The first-order valence-electron chi connectivity index (χ1n) is 9.85. The third-order valence-electron chi connectivity index (χ3n) is 5.92. The van der Waals surface area contributed by atoms with E-state index >= 15 is 0 Å². The number of ether oxygens (including phenoxy) is 1. The second-order valence-electron chi connectivity index (χ2n) is 7.73. The molecule has 7 heteroatoms. The second-order valence-corrected chi connectivity index (χ2v) is 7.73. The number of piperidine rings is 1. The van der Waals surface area contributed by atoms with Gasteiger partial charge in [0, 0.05) is 45.7 Å². The van der Waals surface area contributed by atoms with Gasteiger partial charge in [0.1, 0.15) is 0 Å². The molecule has 3 N–H and O–H groups in total. The molecule has 1 aliphatic heterocycles. The number of carbonyl (C=O) groups is 2. The van der Waals surface area contributed by atoms with Crippen LogP contribution in [0.2, 0.25) is 0 Å². The maximum absolute atomic E-state index is 12.7. The summed E-state index contributed by atoms with van der Waals surface area (Å²) in [5, 5.41) is 2.97. The minimum atomic E-state index is 0. The molecule has 0 aromatic heterocycles. The summed E-state index contributed by atoms with van der Waals surface area (Å²) in [6.07, 6.45) is 8.74. The van der Waals surface area contributed by atoms with Crippen molar-refractivity contribution in [2.24, 2.45) is 17.1 Å². The molecule has 2 amide bonds. The van der Waals surface area contributed by atoms with Crippen LogP contribution in [0.5, 0.6) is 0 Å². The summed E-state index contributed by atoms with van der Waals surface area (Å²) in [5.74, 6) is 0.380. The molecule has 1 heterocycles. The highest BCUT2D eigenvalue weighted by Gasteiger charge is 2.35. The van der Waals surface area contributed by atoms with Crippen molar-refractivity contribution < 1.29 is 14.3 Å². The Bertz CT molecular complexity index is 434. The Morgan fingerprint density at radius 1 is 1.19 bits per heavy atom. The van der Waals surface area contributed by atoms with E-state index in [-0.39, 0.29) is 35.6 Å². The van der Waals surface area contributed by atoms with Gasteiger partial charge in [0.05, 0.1) is 0 Å². The van der Waals surface area contributed by atoms with Crippen LogP contribution >= 0.6 is 12.4 Å². The van der Waals surface area contributed by atoms with E-state index < -0.39 is 0 Å². The van der Waals surface area contributed by atoms with E-state index in [0.29, 0.717) is 39.2 Å². The largest absolute Gasteiger partial charge is 0.385 e. The minimum absolute atomic E-state index is 0. The Balaban J connectivity index is 0.00000338. The molecule has 2 fully saturated rings. The van der Waals surface area contributed by atoms with E-state index in [4.69, 9.17) is 10.5 Å². The Kier molecular flexibility index (Phi) is 10.5. The Labute approximate surface area is 164 Å². The molecule has 0 unspecified atom stereocenters. The van der Waals surface area contributed by atoms with E-state index in [2.05, 4.69) is 5.32 Å². The average Bonchev–Trinajstić information content (AvgIpc) is 2.66. The number of nitrogens with two attached hydrogens (primary N) is 1. The fraction of sp³-hybridized carbons (Fsp3) is 0.895. The van der Waals surface area contributed by atoms with Crippen molar-refractivity contribution in [3.8, 4) is 0 Å². The molecule has 1 saturated heterocycles. The number of nitrogens with one attached hydrogen (secondary N) is 1. The van der Waals surface area contributed by atoms with E-state index in [9.17, 15) is 9.59 Å². The molecule has 0 aromatic rings. The van der Waals surface area contributed by atoms with Crippen LogP contribution in [-0.2, 0) is 14.3 Å². The van der Waals surface area contributed by atoms with Crippen LogP contribution in [-0.4, -0.2) is 56.6 Å². The molecule has 6 nitrogen and oxygen atoms in total. The van der Waals surface area contributed by atoms with E-state index in [0.717, 1.165) is 32.1 Å². The van der Waals surface area contributed by atoms with Crippen LogP contribution in [0.4, 0.5) is 0 Å². The van der Waals surface area contributed by atoms with Crippen molar-refractivity contribution in [1.29, 1.82) is 0 Å². The number of rotatable bonds is 8. The number of carbonyl (C=O) groups excluding carboxylic acids is 2. The smallest absolute Gasteiger partial charge is 0.223 e. The predicted molar refractivity (Wildman–Crippen MR) is 105 cm³/mol. The summed E-state index contributed by atoms with van der Waals surface area (Å²) in [6, 6.07) is 0. The summed E-state index contributed by atoms with van der Waals surface area (Å²) < 4.78 is 4.98. The van der Waals surface area contributed by atoms with Crippen molar-refractivity contribution in [1.82, 2.24) is 10.2 Å². The lowest BCUT2D eigenvalue weighted by Crippen LogP contribution is -2.46. The highest BCUT2D eigenvalue weighted by Crippen LogP contribution is 2.39. The third kappa shape index (κ3) is 6.71. The van der Waals surface area contributed by atoms with Crippen LogP contribution in [0.1, 0.15) is 57.8 Å². The number of hydrogen-bond donors (Lipinski definition) is 2. The Morgan fingerprint density at radius 2 is 1.85 bits per heavy atom. The van der Waals surface area contributed by atoms with Crippen molar-refractivity contribution in [2.45, 2.75) is 57.8 Å². The summed E-state index contributed by atoms with van der Waals surface area (Å²) in [6.45, 7) is 3.31. The molecular weight excluding hydrogens is 354 g/mol. The van der Waals surface area contributed by atoms with E-state index in [1.165, 1.54) is 19.3 Å². The van der Waals surface area contributed by atoms with Gasteiger partial charge >= 0.3 is 0 Å². The molecule has 0 radical (unpaired) electrons. The topological polar surface area (TPSA) is 84.7 Å². The standard InChI is InChI=1S/C19H35N3O3.ClH/c1-25-13-5-10-21-18(24)16-6-11-22(12-7-16)17(23)14-19(15-20)8-3-2-4-9-19;/h16H,2-15,20H2,1H3,(H,21,24);1H. The van der Waals surface area contributed by atoms with Gasteiger partial charge in [0.25, 0.3) is 0 Å². The van der Waals surface area contributed by atoms with Gasteiger partial charge in [-0.15, -0.1) is 12.4 Å². The SMILES string of the molecule is COCCCNC(=O)C1CCN(C(=O)CC2(CN)CCCCC2)CC1.Cl. The lowest BCUT2D eigenvalue weighted by molar-refractivity contribution is -0.138. The van der Waals surface area contributed by atoms with Crippen LogP contribution in [0.25, 0.3) is 0 Å². The first-order chi connectivity index (χ1) is 12.1. The van der Waals surface area contributed by atoms with Gasteiger partial charge in [-0.25, -0.2) is 0 Å². The molecular formula is C19H36ClN3O3. The number of halogens is 1. The third-order valence-corrected chi connectivity index (χ3v) is 5.92. The minimum Gasteiger partial charge on any atom is -0.385 e. The highest BCUT2D eigenvalue weighted by atomic mass is 35.5. The van der Waals surface area contributed by atoms with Gasteiger partial charge in [-0.1, -0.05) is 19.3 Å². The van der Waals surface area contributed by atoms with Gasteiger partial charge < -0.3 is 20.7 Å². The Hall–Kier alpha value is -0.850. The van der Waals surface area contributed by atoms with Gasteiger partial charge in [0.2, 0.25) is 11.8 Å². The quantitative estimate of drug-likeness (QED) is 0.622. The normalized spacial score (nSPS) is 20.3. The predicted octanol–water partition coefficient (Wildman–Crippen LogP) is 2.10. The van der Waals surface area contributed by atoms with Crippen LogP contribution in [0.3, 0.4) is 0 Å². The molecule has 1 saturated carbocycles. The average molecular weight is 390 g/mol. The van der Waals surface area contributed by atoms with Crippen LogP contribution < -0.4 is 11.1 Å². The zero-order valence-corrected chi connectivity index (χ0v) is 17.0. The fourth-order valence-electron chi connectivity index (χ4n) is 4.15. The Morgan fingerprint density at radius 3 is 2.42 bits per heavy atom. The number of amides is 2. The fourth-order valence-corrected chi connectivity index (χ4v) is 4.15.